The first-order valence-corrected chi connectivity index (χ1v) is 5.87. The summed E-state index contributed by atoms with van der Waals surface area (Å²) in [7, 11) is 1.32. The van der Waals surface area contributed by atoms with Crippen LogP contribution >= 0.6 is 0 Å². The lowest BCUT2D eigenvalue weighted by molar-refractivity contribution is -0.143. The topological polar surface area (TPSA) is 43.4 Å². The van der Waals surface area contributed by atoms with E-state index in [0.717, 1.165) is 12.8 Å². The van der Waals surface area contributed by atoms with E-state index < -0.39 is 11.9 Å². The number of carbonyl (C=O) groups is 2. The van der Waals surface area contributed by atoms with Gasteiger partial charge in [0.1, 0.15) is 5.92 Å². The highest BCUT2D eigenvalue weighted by Gasteiger charge is 2.27. The first kappa shape index (κ1) is 13.4. The number of esters is 1. The molecule has 1 atom stereocenters. The van der Waals surface area contributed by atoms with E-state index in [4.69, 9.17) is 4.74 Å². The number of rotatable bonds is 6. The summed E-state index contributed by atoms with van der Waals surface area (Å²) < 4.78 is 4.69. The number of ketones is 1. The Labute approximate surface area is 102 Å². The predicted octanol–water partition coefficient (Wildman–Crippen LogP) is 2.85. The highest BCUT2D eigenvalue weighted by molar-refractivity contribution is 6.08. The monoisotopic (exact) mass is 234 g/mol. The number of methoxy groups -OCH3 is 1. The van der Waals surface area contributed by atoms with Gasteiger partial charge in [-0.25, -0.2) is 0 Å². The normalized spacial score (nSPS) is 11.9. The fraction of sp³-hybridized carbons (Fsp3) is 0.429. The fourth-order valence-corrected chi connectivity index (χ4v) is 1.71. The molecule has 0 amide bonds. The Bertz CT molecular complexity index is 370. The van der Waals surface area contributed by atoms with Gasteiger partial charge in [-0.1, -0.05) is 50.1 Å². The van der Waals surface area contributed by atoms with Gasteiger partial charge in [0.25, 0.3) is 0 Å². The Hall–Kier alpha value is -1.64. The average Bonchev–Trinajstić information content (AvgIpc) is 2.39. The van der Waals surface area contributed by atoms with Crippen LogP contribution in [-0.2, 0) is 9.53 Å². The van der Waals surface area contributed by atoms with Crippen LogP contribution in [0.4, 0.5) is 0 Å². The maximum absolute atomic E-state index is 12.2. The van der Waals surface area contributed by atoms with E-state index in [0.29, 0.717) is 12.0 Å². The zero-order valence-corrected chi connectivity index (χ0v) is 10.3. The SMILES string of the molecule is CCCCC(C(=O)OC)C(=O)c1ccccc1. The molecule has 3 nitrogen and oxygen atoms in total. The second kappa shape index (κ2) is 6.84. The summed E-state index contributed by atoms with van der Waals surface area (Å²) in [5.74, 6) is -1.25. The number of hydrogen-bond donors (Lipinski definition) is 0. The molecule has 1 unspecified atom stereocenters. The van der Waals surface area contributed by atoms with Crippen molar-refractivity contribution in [1.29, 1.82) is 0 Å². The van der Waals surface area contributed by atoms with E-state index in [2.05, 4.69) is 0 Å². The minimum absolute atomic E-state index is 0.147. The largest absolute Gasteiger partial charge is 0.468 e. The molecule has 0 aliphatic heterocycles. The van der Waals surface area contributed by atoms with Gasteiger partial charge in [0, 0.05) is 5.56 Å². The van der Waals surface area contributed by atoms with Crippen LogP contribution in [0.3, 0.4) is 0 Å². The molecule has 92 valence electrons. The van der Waals surface area contributed by atoms with Crippen molar-refractivity contribution in [2.24, 2.45) is 5.92 Å². The van der Waals surface area contributed by atoms with E-state index >= 15 is 0 Å². The summed E-state index contributed by atoms with van der Waals surface area (Å²) in [6, 6.07) is 8.88. The molecule has 1 aromatic rings. The van der Waals surface area contributed by atoms with Crippen molar-refractivity contribution in [3.63, 3.8) is 0 Å². The van der Waals surface area contributed by atoms with E-state index in [9.17, 15) is 9.59 Å². The Morgan fingerprint density at radius 3 is 2.41 bits per heavy atom. The molecule has 0 aliphatic carbocycles. The molecule has 3 heteroatoms. The predicted molar refractivity (Wildman–Crippen MR) is 65.8 cm³/mol. The number of carbonyl (C=O) groups excluding carboxylic acids is 2. The molecule has 1 aromatic carbocycles. The number of Topliss-reactive ketones (excluding diaryl/α,β-unsaturated/α-hetero) is 1. The summed E-state index contributed by atoms with van der Waals surface area (Å²) in [6.45, 7) is 2.03. The van der Waals surface area contributed by atoms with Crippen LogP contribution in [0.25, 0.3) is 0 Å². The Morgan fingerprint density at radius 2 is 1.88 bits per heavy atom. The summed E-state index contributed by atoms with van der Waals surface area (Å²) in [4.78, 5) is 23.7. The average molecular weight is 234 g/mol. The van der Waals surface area contributed by atoms with Crippen LogP contribution in [0, 0.1) is 5.92 Å². The van der Waals surface area contributed by atoms with Crippen molar-refractivity contribution < 1.29 is 14.3 Å². The van der Waals surface area contributed by atoms with Crippen LogP contribution in [-0.4, -0.2) is 18.9 Å². The summed E-state index contributed by atoms with van der Waals surface area (Å²) in [5.41, 5.74) is 0.569. The van der Waals surface area contributed by atoms with E-state index in [-0.39, 0.29) is 5.78 Å². The number of benzene rings is 1. The standard InChI is InChI=1S/C14H18O3/c1-3-4-10-12(14(16)17-2)13(15)11-8-6-5-7-9-11/h5-9,12H,3-4,10H2,1-2H3. The van der Waals surface area contributed by atoms with Gasteiger partial charge in [-0.15, -0.1) is 0 Å². The van der Waals surface area contributed by atoms with Crippen LogP contribution in [0.15, 0.2) is 30.3 Å². The second-order valence-corrected chi connectivity index (χ2v) is 3.95. The molecule has 17 heavy (non-hydrogen) atoms. The highest BCUT2D eigenvalue weighted by Crippen LogP contribution is 2.17. The van der Waals surface area contributed by atoms with E-state index in [1.165, 1.54) is 7.11 Å². The minimum atomic E-state index is -0.664. The van der Waals surface area contributed by atoms with Crippen LogP contribution < -0.4 is 0 Å². The molecule has 0 N–H and O–H groups in total. The van der Waals surface area contributed by atoms with Gasteiger partial charge >= 0.3 is 5.97 Å². The molecule has 0 aliphatic rings. The third-order valence-electron chi connectivity index (χ3n) is 2.71. The van der Waals surface area contributed by atoms with Crippen LogP contribution in [0.1, 0.15) is 36.5 Å². The van der Waals surface area contributed by atoms with Crippen molar-refractivity contribution >= 4 is 11.8 Å². The number of unbranched alkanes of at least 4 members (excludes halogenated alkanes) is 1. The third-order valence-corrected chi connectivity index (χ3v) is 2.71. The van der Waals surface area contributed by atoms with Gasteiger partial charge in [0.05, 0.1) is 7.11 Å². The van der Waals surface area contributed by atoms with Crippen LogP contribution in [0.5, 0.6) is 0 Å². The molecule has 0 saturated heterocycles. The van der Waals surface area contributed by atoms with Gasteiger partial charge in [-0.2, -0.15) is 0 Å². The zero-order chi connectivity index (χ0) is 12.7. The molecule has 0 radical (unpaired) electrons. The van der Waals surface area contributed by atoms with Gasteiger partial charge in [0.2, 0.25) is 0 Å². The molecular weight excluding hydrogens is 216 g/mol. The maximum atomic E-state index is 12.2. The lowest BCUT2D eigenvalue weighted by Crippen LogP contribution is -2.25. The first-order chi connectivity index (χ1) is 8.20. The molecule has 0 spiro atoms. The molecule has 0 bridgehead atoms. The van der Waals surface area contributed by atoms with Crippen molar-refractivity contribution in [1.82, 2.24) is 0 Å². The Morgan fingerprint density at radius 1 is 1.24 bits per heavy atom. The molecule has 1 rings (SSSR count). The zero-order valence-electron chi connectivity index (χ0n) is 10.3. The molecule has 0 fully saturated rings. The Balaban J connectivity index is 2.83. The maximum Gasteiger partial charge on any atom is 0.316 e. The molecule has 0 aromatic heterocycles. The first-order valence-electron chi connectivity index (χ1n) is 5.87. The van der Waals surface area contributed by atoms with E-state index in [1.807, 2.05) is 13.0 Å². The number of hydrogen-bond acceptors (Lipinski definition) is 3. The highest BCUT2D eigenvalue weighted by atomic mass is 16.5. The second-order valence-electron chi connectivity index (χ2n) is 3.95. The molecular formula is C14H18O3. The lowest BCUT2D eigenvalue weighted by atomic mass is 9.93. The quantitative estimate of drug-likeness (QED) is 0.432. The summed E-state index contributed by atoms with van der Waals surface area (Å²) >= 11 is 0. The van der Waals surface area contributed by atoms with Gasteiger partial charge in [-0.05, 0) is 6.42 Å². The Kier molecular flexibility index (Phi) is 5.40. The summed E-state index contributed by atoms with van der Waals surface area (Å²) in [5, 5.41) is 0. The van der Waals surface area contributed by atoms with Gasteiger partial charge in [0.15, 0.2) is 5.78 Å². The van der Waals surface area contributed by atoms with E-state index in [1.54, 1.807) is 24.3 Å². The smallest absolute Gasteiger partial charge is 0.316 e. The van der Waals surface area contributed by atoms with Gasteiger partial charge < -0.3 is 4.74 Å². The molecule has 0 saturated carbocycles. The fourth-order valence-electron chi connectivity index (χ4n) is 1.71. The minimum Gasteiger partial charge on any atom is -0.468 e. The van der Waals surface area contributed by atoms with Crippen molar-refractivity contribution in [3.05, 3.63) is 35.9 Å². The molecule has 0 heterocycles. The van der Waals surface area contributed by atoms with Crippen molar-refractivity contribution in [2.75, 3.05) is 7.11 Å². The van der Waals surface area contributed by atoms with Crippen LogP contribution in [0.2, 0.25) is 0 Å². The summed E-state index contributed by atoms with van der Waals surface area (Å²) in [6.07, 6.45) is 2.35. The van der Waals surface area contributed by atoms with Gasteiger partial charge in [-0.3, -0.25) is 9.59 Å². The van der Waals surface area contributed by atoms with Crippen molar-refractivity contribution in [3.8, 4) is 0 Å². The lowest BCUT2D eigenvalue weighted by Gasteiger charge is -2.12. The number of ether oxygens (including phenoxy) is 1. The third kappa shape index (κ3) is 3.70. The van der Waals surface area contributed by atoms with Crippen molar-refractivity contribution in [2.45, 2.75) is 26.2 Å².